The molecule has 7 heteroatoms. The van der Waals surface area contributed by atoms with Gasteiger partial charge in [0, 0.05) is 29.4 Å². The van der Waals surface area contributed by atoms with Gasteiger partial charge in [0.1, 0.15) is 0 Å². The fourth-order valence-electron chi connectivity index (χ4n) is 3.52. The number of fused-ring (bicyclic) bond motifs is 1. The summed E-state index contributed by atoms with van der Waals surface area (Å²) in [7, 11) is 0. The van der Waals surface area contributed by atoms with E-state index >= 15 is 0 Å². The number of phenolic OH excluding ortho intramolecular Hbond substituents is 2. The van der Waals surface area contributed by atoms with Gasteiger partial charge in [0.2, 0.25) is 0 Å². The Morgan fingerprint density at radius 2 is 1.69 bits per heavy atom. The van der Waals surface area contributed by atoms with Crippen LogP contribution in [0.25, 0.3) is 16.7 Å². The van der Waals surface area contributed by atoms with Crippen LogP contribution in [0.3, 0.4) is 0 Å². The molecule has 0 bridgehead atoms. The fourth-order valence-corrected chi connectivity index (χ4v) is 3.52. The zero-order valence-electron chi connectivity index (χ0n) is 17.2. The van der Waals surface area contributed by atoms with Crippen LogP contribution in [0.2, 0.25) is 0 Å². The molecule has 0 aromatic heterocycles. The van der Waals surface area contributed by atoms with Crippen molar-refractivity contribution in [1.29, 1.82) is 0 Å². The first kappa shape index (κ1) is 20.9. The molecule has 4 N–H and O–H groups in total. The smallest absolute Gasteiger partial charge is 0.260 e. The quantitative estimate of drug-likeness (QED) is 0.214. The standard InChI is InChI=1S/C25H20N2O5/c1-14(28)16-3-2-4-17(10-16)18-6-7-19-20(11-18)21(25(32)27-24(19)31)13-26-12-15-5-8-22(29)23(30)9-15/h2-11,13,26,29-30H,12H2,1H3,(H,27,31,32)/b21-13+. The highest BCUT2D eigenvalue weighted by molar-refractivity contribution is 6.31. The number of hydrogen-bond donors (Lipinski definition) is 4. The summed E-state index contributed by atoms with van der Waals surface area (Å²) in [4.78, 5) is 36.6. The zero-order valence-corrected chi connectivity index (χ0v) is 17.2. The Balaban J connectivity index is 1.68. The summed E-state index contributed by atoms with van der Waals surface area (Å²) in [6.07, 6.45) is 1.51. The molecule has 32 heavy (non-hydrogen) atoms. The summed E-state index contributed by atoms with van der Waals surface area (Å²) in [5.41, 5.74) is 3.96. The molecule has 1 aliphatic rings. The number of carbonyl (C=O) groups is 3. The lowest BCUT2D eigenvalue weighted by atomic mass is 9.91. The van der Waals surface area contributed by atoms with E-state index in [-0.39, 0.29) is 29.4 Å². The normalized spacial score (nSPS) is 14.1. The molecule has 4 rings (SSSR count). The van der Waals surface area contributed by atoms with Crippen LogP contribution >= 0.6 is 0 Å². The van der Waals surface area contributed by atoms with Gasteiger partial charge in [-0.05, 0) is 53.9 Å². The van der Waals surface area contributed by atoms with Crippen LogP contribution in [0, 0.1) is 0 Å². The first-order chi connectivity index (χ1) is 15.3. The number of rotatable bonds is 5. The molecule has 0 saturated carbocycles. The van der Waals surface area contributed by atoms with Crippen molar-refractivity contribution in [3.63, 3.8) is 0 Å². The molecular formula is C25H20N2O5. The minimum absolute atomic E-state index is 0.0515. The van der Waals surface area contributed by atoms with E-state index in [1.807, 2.05) is 6.07 Å². The van der Waals surface area contributed by atoms with Gasteiger partial charge in [-0.3, -0.25) is 19.7 Å². The van der Waals surface area contributed by atoms with Gasteiger partial charge in [-0.2, -0.15) is 0 Å². The Hall–Kier alpha value is -4.39. The average Bonchev–Trinajstić information content (AvgIpc) is 2.78. The van der Waals surface area contributed by atoms with Crippen molar-refractivity contribution in [3.8, 4) is 22.6 Å². The predicted octanol–water partition coefficient (Wildman–Crippen LogP) is 3.37. The van der Waals surface area contributed by atoms with Crippen molar-refractivity contribution in [2.75, 3.05) is 0 Å². The lowest BCUT2D eigenvalue weighted by Gasteiger charge is -2.19. The summed E-state index contributed by atoms with van der Waals surface area (Å²) in [6.45, 7) is 1.78. The van der Waals surface area contributed by atoms with Crippen molar-refractivity contribution in [2.45, 2.75) is 13.5 Å². The monoisotopic (exact) mass is 428 g/mol. The van der Waals surface area contributed by atoms with Gasteiger partial charge in [0.15, 0.2) is 17.3 Å². The van der Waals surface area contributed by atoms with Crippen molar-refractivity contribution >= 4 is 23.2 Å². The number of benzene rings is 3. The number of Topliss-reactive ketones (excluding diaryl/α,β-unsaturated/α-hetero) is 1. The number of phenols is 2. The van der Waals surface area contributed by atoms with Gasteiger partial charge < -0.3 is 15.5 Å². The van der Waals surface area contributed by atoms with E-state index in [0.717, 1.165) is 11.1 Å². The number of hydrogen-bond acceptors (Lipinski definition) is 6. The molecule has 0 saturated heterocycles. The largest absolute Gasteiger partial charge is 0.504 e. The summed E-state index contributed by atoms with van der Waals surface area (Å²) in [5.74, 6) is -1.51. The molecule has 1 heterocycles. The van der Waals surface area contributed by atoms with Crippen LogP contribution in [0.4, 0.5) is 0 Å². The fraction of sp³-hybridized carbons (Fsp3) is 0.0800. The second-order valence-corrected chi connectivity index (χ2v) is 7.44. The maximum Gasteiger partial charge on any atom is 0.260 e. The Labute approximate surface area is 184 Å². The van der Waals surface area contributed by atoms with E-state index in [1.54, 1.807) is 42.5 Å². The van der Waals surface area contributed by atoms with E-state index in [2.05, 4.69) is 10.6 Å². The molecule has 7 nitrogen and oxygen atoms in total. The second-order valence-electron chi connectivity index (χ2n) is 7.44. The molecule has 0 unspecified atom stereocenters. The first-order valence-electron chi connectivity index (χ1n) is 9.89. The van der Waals surface area contributed by atoms with Crippen LogP contribution in [0.1, 0.15) is 38.8 Å². The summed E-state index contributed by atoms with van der Waals surface area (Å²) < 4.78 is 0. The molecule has 0 radical (unpaired) electrons. The highest BCUT2D eigenvalue weighted by Gasteiger charge is 2.27. The number of imide groups is 1. The average molecular weight is 428 g/mol. The molecule has 2 amide bonds. The SMILES string of the molecule is CC(=O)c1cccc(-c2ccc3c(c2)/C(=C\NCc2ccc(O)c(O)c2)C(=O)NC3=O)c1. The third-order valence-corrected chi connectivity index (χ3v) is 5.22. The number of carbonyl (C=O) groups excluding carboxylic acids is 3. The predicted molar refractivity (Wildman–Crippen MR) is 119 cm³/mol. The van der Waals surface area contributed by atoms with Crippen LogP contribution in [-0.4, -0.2) is 27.8 Å². The third-order valence-electron chi connectivity index (χ3n) is 5.22. The summed E-state index contributed by atoms with van der Waals surface area (Å²) in [6, 6.07) is 16.8. The van der Waals surface area contributed by atoms with Crippen molar-refractivity contribution in [3.05, 3.63) is 89.1 Å². The molecule has 0 spiro atoms. The Morgan fingerprint density at radius 3 is 2.44 bits per heavy atom. The summed E-state index contributed by atoms with van der Waals surface area (Å²) >= 11 is 0. The van der Waals surface area contributed by atoms with Gasteiger partial charge in [0.05, 0.1) is 5.57 Å². The van der Waals surface area contributed by atoms with Gasteiger partial charge in [-0.25, -0.2) is 0 Å². The number of ketones is 1. The lowest BCUT2D eigenvalue weighted by Crippen LogP contribution is -2.37. The van der Waals surface area contributed by atoms with E-state index in [9.17, 15) is 24.6 Å². The second kappa shape index (κ2) is 8.39. The topological polar surface area (TPSA) is 116 Å². The minimum atomic E-state index is -0.529. The summed E-state index contributed by atoms with van der Waals surface area (Å²) in [5, 5.41) is 24.4. The van der Waals surface area contributed by atoms with E-state index in [4.69, 9.17) is 0 Å². The molecular weight excluding hydrogens is 408 g/mol. The van der Waals surface area contributed by atoms with Crippen LogP contribution in [0.15, 0.2) is 66.9 Å². The Morgan fingerprint density at radius 1 is 0.906 bits per heavy atom. The molecule has 3 aromatic carbocycles. The molecule has 1 aliphatic heterocycles. The van der Waals surface area contributed by atoms with E-state index in [1.165, 1.54) is 25.3 Å². The highest BCUT2D eigenvalue weighted by atomic mass is 16.3. The van der Waals surface area contributed by atoms with Crippen LogP contribution in [0.5, 0.6) is 11.5 Å². The molecule has 0 atom stereocenters. The molecule has 160 valence electrons. The Bertz CT molecular complexity index is 1290. The van der Waals surface area contributed by atoms with Crippen LogP contribution < -0.4 is 10.6 Å². The van der Waals surface area contributed by atoms with Crippen molar-refractivity contribution < 1.29 is 24.6 Å². The molecule has 0 fully saturated rings. The highest BCUT2D eigenvalue weighted by Crippen LogP contribution is 2.30. The maximum absolute atomic E-state index is 12.5. The lowest BCUT2D eigenvalue weighted by molar-refractivity contribution is -0.114. The number of aromatic hydroxyl groups is 2. The van der Waals surface area contributed by atoms with Gasteiger partial charge >= 0.3 is 0 Å². The van der Waals surface area contributed by atoms with Gasteiger partial charge in [0.25, 0.3) is 11.8 Å². The van der Waals surface area contributed by atoms with E-state index < -0.39 is 11.8 Å². The number of amides is 2. The molecule has 0 aliphatic carbocycles. The van der Waals surface area contributed by atoms with Gasteiger partial charge in [-0.1, -0.05) is 30.3 Å². The van der Waals surface area contributed by atoms with Crippen molar-refractivity contribution in [1.82, 2.24) is 10.6 Å². The third kappa shape index (κ3) is 4.09. The zero-order chi connectivity index (χ0) is 22.8. The minimum Gasteiger partial charge on any atom is -0.504 e. The number of nitrogens with one attached hydrogen (secondary N) is 2. The van der Waals surface area contributed by atoms with Crippen molar-refractivity contribution in [2.24, 2.45) is 0 Å². The maximum atomic E-state index is 12.5. The molecule has 3 aromatic rings. The van der Waals surface area contributed by atoms with Crippen LogP contribution in [-0.2, 0) is 11.3 Å². The van der Waals surface area contributed by atoms with Gasteiger partial charge in [-0.15, -0.1) is 0 Å². The first-order valence-corrected chi connectivity index (χ1v) is 9.89. The Kier molecular flexibility index (Phi) is 5.47. The van der Waals surface area contributed by atoms with E-state index in [0.29, 0.717) is 22.3 Å².